The molecule has 118 valence electrons. The summed E-state index contributed by atoms with van der Waals surface area (Å²) in [4.78, 5) is 11.0. The second kappa shape index (κ2) is 6.01. The van der Waals surface area contributed by atoms with Gasteiger partial charge in [-0.2, -0.15) is 5.10 Å². The minimum absolute atomic E-state index is 0.0193. The first-order chi connectivity index (χ1) is 9.84. The number of rotatable bonds is 5. The number of hydrogen-bond acceptors (Lipinski definition) is 5. The summed E-state index contributed by atoms with van der Waals surface area (Å²) in [6.07, 6.45) is 1.92. The summed E-state index contributed by atoms with van der Waals surface area (Å²) >= 11 is 0. The zero-order valence-corrected chi connectivity index (χ0v) is 13.2. The predicted molar refractivity (Wildman–Crippen MR) is 80.6 cm³/mol. The molecule has 0 unspecified atom stereocenters. The lowest BCUT2D eigenvalue weighted by molar-refractivity contribution is -0.384. The van der Waals surface area contributed by atoms with Crippen LogP contribution in [0, 0.1) is 15.5 Å². The minimum atomic E-state index is -0.336. The molecule has 2 heterocycles. The Morgan fingerprint density at radius 3 is 2.62 bits per heavy atom. The largest absolute Gasteiger partial charge is 0.381 e. The predicted octanol–water partition coefficient (Wildman–Crippen LogP) is 2.68. The normalized spacial score (nSPS) is 18.0. The van der Waals surface area contributed by atoms with Gasteiger partial charge in [0.1, 0.15) is 5.69 Å². The molecule has 1 aliphatic heterocycles. The second-order valence-corrected chi connectivity index (χ2v) is 6.39. The van der Waals surface area contributed by atoms with E-state index in [2.05, 4.69) is 17.3 Å². The van der Waals surface area contributed by atoms with Gasteiger partial charge in [-0.1, -0.05) is 20.8 Å². The van der Waals surface area contributed by atoms with Crippen molar-refractivity contribution in [2.75, 3.05) is 25.1 Å². The maximum atomic E-state index is 11.4. The lowest BCUT2D eigenvalue weighted by Gasteiger charge is -2.33. The molecule has 1 aliphatic rings. The van der Waals surface area contributed by atoms with Crippen LogP contribution in [0.4, 0.5) is 11.5 Å². The topological polar surface area (TPSA) is 82.2 Å². The third-order valence-corrected chi connectivity index (χ3v) is 4.16. The van der Waals surface area contributed by atoms with Crippen LogP contribution < -0.4 is 5.32 Å². The fourth-order valence-electron chi connectivity index (χ4n) is 2.64. The van der Waals surface area contributed by atoms with Gasteiger partial charge in [-0.3, -0.25) is 10.1 Å². The number of nitro groups is 1. The molecule has 0 amide bonds. The Morgan fingerprint density at radius 2 is 2.10 bits per heavy atom. The molecule has 2 rings (SSSR count). The fourth-order valence-corrected chi connectivity index (χ4v) is 2.64. The molecule has 1 aromatic rings. The van der Waals surface area contributed by atoms with E-state index in [4.69, 9.17) is 4.74 Å². The maximum absolute atomic E-state index is 11.4. The van der Waals surface area contributed by atoms with Gasteiger partial charge >= 0.3 is 5.69 Å². The van der Waals surface area contributed by atoms with Gasteiger partial charge < -0.3 is 10.1 Å². The molecule has 21 heavy (non-hydrogen) atoms. The van der Waals surface area contributed by atoms with Gasteiger partial charge in [0.05, 0.1) is 4.92 Å². The van der Waals surface area contributed by atoms with E-state index in [0.29, 0.717) is 18.1 Å². The molecule has 0 aliphatic carbocycles. The summed E-state index contributed by atoms with van der Waals surface area (Å²) in [6, 6.07) is 0. The van der Waals surface area contributed by atoms with Gasteiger partial charge in [-0.05, 0) is 18.3 Å². The van der Waals surface area contributed by atoms with Crippen molar-refractivity contribution in [3.8, 4) is 0 Å². The van der Waals surface area contributed by atoms with Crippen molar-refractivity contribution >= 4 is 11.5 Å². The van der Waals surface area contributed by atoms with Crippen LogP contribution in [0.3, 0.4) is 0 Å². The fraction of sp³-hybridized carbons (Fsp3) is 0.786. The molecular weight excluding hydrogens is 272 g/mol. The quantitative estimate of drug-likeness (QED) is 0.667. The van der Waals surface area contributed by atoms with E-state index in [0.717, 1.165) is 26.1 Å². The third-order valence-electron chi connectivity index (χ3n) is 4.16. The Kier molecular flexibility index (Phi) is 4.51. The average Bonchev–Trinajstić information content (AvgIpc) is 2.75. The zero-order chi connectivity index (χ0) is 15.6. The maximum Gasteiger partial charge on any atom is 0.334 e. The van der Waals surface area contributed by atoms with Crippen molar-refractivity contribution in [3.05, 3.63) is 15.8 Å². The van der Waals surface area contributed by atoms with Gasteiger partial charge in [0.2, 0.25) is 5.82 Å². The molecule has 7 heteroatoms. The van der Waals surface area contributed by atoms with E-state index in [-0.39, 0.29) is 21.9 Å². The van der Waals surface area contributed by atoms with Crippen LogP contribution in [0.5, 0.6) is 0 Å². The monoisotopic (exact) mass is 296 g/mol. The Hall–Kier alpha value is -1.63. The van der Waals surface area contributed by atoms with Gasteiger partial charge in [0, 0.05) is 32.7 Å². The number of anilines is 1. The van der Waals surface area contributed by atoms with E-state index >= 15 is 0 Å². The molecule has 0 radical (unpaired) electrons. The summed E-state index contributed by atoms with van der Waals surface area (Å²) in [5, 5.41) is 18.9. The summed E-state index contributed by atoms with van der Waals surface area (Å²) in [5.74, 6) is 0.516. The molecule has 1 aromatic heterocycles. The molecule has 7 nitrogen and oxygen atoms in total. The average molecular weight is 296 g/mol. The molecule has 0 atom stereocenters. The Balaban J connectivity index is 2.21. The van der Waals surface area contributed by atoms with E-state index in [9.17, 15) is 10.1 Å². The van der Waals surface area contributed by atoms with Crippen LogP contribution in [0.25, 0.3) is 0 Å². The smallest absolute Gasteiger partial charge is 0.334 e. The van der Waals surface area contributed by atoms with Crippen LogP contribution >= 0.6 is 0 Å². The number of aryl methyl sites for hydroxylation is 1. The SMILES string of the molecule is CC(C)c1nn(C)c(NCC2(C)CCOCC2)c1[N+](=O)[O-]. The molecule has 1 fully saturated rings. The van der Waals surface area contributed by atoms with Crippen LogP contribution in [-0.2, 0) is 11.8 Å². The highest BCUT2D eigenvalue weighted by Gasteiger charge is 2.32. The molecule has 1 saturated heterocycles. The Morgan fingerprint density at radius 1 is 1.48 bits per heavy atom. The van der Waals surface area contributed by atoms with E-state index in [1.54, 1.807) is 11.7 Å². The Bertz CT molecular complexity index is 519. The first kappa shape index (κ1) is 15.8. The van der Waals surface area contributed by atoms with Crippen molar-refractivity contribution in [1.29, 1.82) is 0 Å². The molecule has 0 spiro atoms. The third kappa shape index (κ3) is 3.34. The highest BCUT2D eigenvalue weighted by molar-refractivity contribution is 5.60. The molecule has 1 N–H and O–H groups in total. The number of ether oxygens (including phenoxy) is 1. The standard InChI is InChI=1S/C14H24N4O3/c1-10(2)11-12(18(19)20)13(17(4)16-11)15-9-14(3)5-7-21-8-6-14/h10,15H,5-9H2,1-4H3. The lowest BCUT2D eigenvalue weighted by atomic mass is 9.82. The first-order valence-corrected chi connectivity index (χ1v) is 7.37. The highest BCUT2D eigenvalue weighted by Crippen LogP contribution is 2.35. The molecule has 0 bridgehead atoms. The van der Waals surface area contributed by atoms with Crippen LogP contribution in [-0.4, -0.2) is 34.5 Å². The summed E-state index contributed by atoms with van der Waals surface area (Å²) in [6.45, 7) is 8.21. The summed E-state index contributed by atoms with van der Waals surface area (Å²) in [7, 11) is 1.74. The van der Waals surface area contributed by atoms with Crippen molar-refractivity contribution in [1.82, 2.24) is 9.78 Å². The van der Waals surface area contributed by atoms with Crippen LogP contribution in [0.2, 0.25) is 0 Å². The molecular formula is C14H24N4O3. The van der Waals surface area contributed by atoms with Crippen molar-refractivity contribution < 1.29 is 9.66 Å². The van der Waals surface area contributed by atoms with Gasteiger partial charge in [0.15, 0.2) is 0 Å². The van der Waals surface area contributed by atoms with Gasteiger partial charge in [0.25, 0.3) is 0 Å². The van der Waals surface area contributed by atoms with Gasteiger partial charge in [-0.15, -0.1) is 0 Å². The van der Waals surface area contributed by atoms with Crippen LogP contribution in [0.1, 0.15) is 45.2 Å². The minimum Gasteiger partial charge on any atom is -0.381 e. The van der Waals surface area contributed by atoms with Crippen molar-refractivity contribution in [3.63, 3.8) is 0 Å². The highest BCUT2D eigenvalue weighted by atomic mass is 16.6. The van der Waals surface area contributed by atoms with E-state index in [1.165, 1.54) is 0 Å². The van der Waals surface area contributed by atoms with Crippen molar-refractivity contribution in [2.24, 2.45) is 12.5 Å². The second-order valence-electron chi connectivity index (χ2n) is 6.39. The summed E-state index contributed by atoms with van der Waals surface area (Å²) in [5.41, 5.74) is 0.735. The zero-order valence-electron chi connectivity index (χ0n) is 13.2. The number of nitrogens with zero attached hydrogens (tertiary/aromatic N) is 3. The Labute approximate surface area is 124 Å². The van der Waals surface area contributed by atoms with E-state index in [1.807, 2.05) is 13.8 Å². The number of nitrogens with one attached hydrogen (secondary N) is 1. The number of hydrogen-bond donors (Lipinski definition) is 1. The van der Waals surface area contributed by atoms with E-state index < -0.39 is 0 Å². The van der Waals surface area contributed by atoms with Crippen LogP contribution in [0.15, 0.2) is 0 Å². The lowest BCUT2D eigenvalue weighted by Crippen LogP contribution is -2.33. The summed E-state index contributed by atoms with van der Waals surface area (Å²) < 4.78 is 6.96. The molecule has 0 saturated carbocycles. The first-order valence-electron chi connectivity index (χ1n) is 7.37. The number of aromatic nitrogens is 2. The van der Waals surface area contributed by atoms with Crippen molar-refractivity contribution in [2.45, 2.75) is 39.5 Å². The van der Waals surface area contributed by atoms with Gasteiger partial charge in [-0.25, -0.2) is 4.68 Å². The molecule has 0 aromatic carbocycles.